The number of halogens is 1. The van der Waals surface area contributed by atoms with E-state index >= 15 is 0 Å². The van der Waals surface area contributed by atoms with Crippen LogP contribution in [0.4, 0.5) is 11.4 Å². The van der Waals surface area contributed by atoms with Crippen molar-refractivity contribution in [3.8, 4) is 5.75 Å². The van der Waals surface area contributed by atoms with Crippen LogP contribution in [0.25, 0.3) is 10.8 Å². The molecule has 2 aromatic rings. The fraction of sp³-hybridized carbons (Fsp3) is 0.167. The quantitative estimate of drug-likeness (QED) is 0.401. The maximum absolute atomic E-state index is 11.0. The van der Waals surface area contributed by atoms with E-state index in [0.29, 0.717) is 27.8 Å². The minimum absolute atomic E-state index is 0.00467. The summed E-state index contributed by atoms with van der Waals surface area (Å²) in [6, 6.07) is 6.68. The van der Waals surface area contributed by atoms with E-state index in [9.17, 15) is 10.1 Å². The van der Waals surface area contributed by atoms with E-state index in [1.807, 2.05) is 0 Å². The van der Waals surface area contributed by atoms with Crippen molar-refractivity contribution in [1.29, 1.82) is 0 Å². The summed E-state index contributed by atoms with van der Waals surface area (Å²) in [7, 11) is 1.55. The summed E-state index contributed by atoms with van der Waals surface area (Å²) < 4.78 is 5.11. The van der Waals surface area contributed by atoms with Crippen LogP contribution in [-0.4, -0.2) is 12.0 Å². The lowest BCUT2D eigenvalue weighted by molar-refractivity contribution is -0.385. The maximum Gasteiger partial charge on any atom is 0.276 e. The van der Waals surface area contributed by atoms with Crippen LogP contribution in [0.1, 0.15) is 5.56 Å². The normalized spacial score (nSPS) is 10.6. The molecule has 2 aromatic carbocycles. The van der Waals surface area contributed by atoms with Gasteiger partial charge in [0.1, 0.15) is 5.75 Å². The van der Waals surface area contributed by atoms with Crippen LogP contribution >= 0.6 is 11.6 Å². The van der Waals surface area contributed by atoms with E-state index in [0.717, 1.165) is 0 Å². The van der Waals surface area contributed by atoms with Crippen molar-refractivity contribution < 1.29 is 9.66 Å². The van der Waals surface area contributed by atoms with Crippen molar-refractivity contribution in [3.63, 3.8) is 0 Å². The number of benzene rings is 2. The molecule has 0 amide bonds. The van der Waals surface area contributed by atoms with Crippen molar-refractivity contribution in [2.45, 2.75) is 5.88 Å². The first-order chi connectivity index (χ1) is 8.58. The minimum Gasteiger partial charge on any atom is -0.497 e. The number of methoxy groups -OCH3 is 1. The molecule has 6 heteroatoms. The fourth-order valence-electron chi connectivity index (χ4n) is 1.86. The average Bonchev–Trinajstić information content (AvgIpc) is 2.38. The highest BCUT2D eigenvalue weighted by Gasteiger charge is 2.19. The Morgan fingerprint density at radius 3 is 2.72 bits per heavy atom. The summed E-state index contributed by atoms with van der Waals surface area (Å²) in [4.78, 5) is 10.5. The highest BCUT2D eigenvalue weighted by molar-refractivity contribution is 6.18. The first-order valence-electron chi connectivity index (χ1n) is 5.18. The third kappa shape index (κ3) is 1.93. The van der Waals surface area contributed by atoms with Crippen LogP contribution in [0.2, 0.25) is 0 Å². The zero-order valence-corrected chi connectivity index (χ0v) is 10.4. The van der Waals surface area contributed by atoms with Crippen LogP contribution in [-0.2, 0) is 5.88 Å². The van der Waals surface area contributed by atoms with E-state index in [1.54, 1.807) is 25.3 Å². The Kier molecular flexibility index (Phi) is 3.25. The number of ether oxygens (including phenoxy) is 1. The number of fused-ring (bicyclic) bond motifs is 1. The topological polar surface area (TPSA) is 78.4 Å². The molecule has 0 aliphatic carbocycles. The van der Waals surface area contributed by atoms with Crippen molar-refractivity contribution in [2.75, 3.05) is 12.8 Å². The van der Waals surface area contributed by atoms with Crippen molar-refractivity contribution in [1.82, 2.24) is 0 Å². The van der Waals surface area contributed by atoms with Gasteiger partial charge in [-0.1, -0.05) is 6.07 Å². The molecule has 0 unspecified atom stereocenters. The fourth-order valence-corrected chi connectivity index (χ4v) is 2.14. The Hall–Kier alpha value is -2.01. The second kappa shape index (κ2) is 4.70. The number of nitrogens with zero attached hydrogens (tertiary/aromatic N) is 1. The Balaban J connectivity index is 2.82. The van der Waals surface area contributed by atoms with Gasteiger partial charge in [0.05, 0.1) is 29.2 Å². The number of nitrogen functional groups attached to an aromatic ring is 1. The van der Waals surface area contributed by atoms with Gasteiger partial charge >= 0.3 is 0 Å². The van der Waals surface area contributed by atoms with E-state index in [4.69, 9.17) is 22.1 Å². The largest absolute Gasteiger partial charge is 0.497 e. The number of hydrogen-bond donors (Lipinski definition) is 1. The zero-order chi connectivity index (χ0) is 13.3. The number of nitro groups is 1. The number of rotatable bonds is 3. The van der Waals surface area contributed by atoms with Crippen LogP contribution in [0.5, 0.6) is 5.75 Å². The summed E-state index contributed by atoms with van der Waals surface area (Å²) in [6.07, 6.45) is 0. The first kappa shape index (κ1) is 12.4. The van der Waals surface area contributed by atoms with Gasteiger partial charge in [-0.15, -0.1) is 11.6 Å². The van der Waals surface area contributed by atoms with Crippen LogP contribution in [0, 0.1) is 10.1 Å². The number of alkyl halides is 1. The Morgan fingerprint density at radius 1 is 1.44 bits per heavy atom. The molecule has 0 aromatic heterocycles. The molecule has 2 rings (SSSR count). The molecule has 0 radical (unpaired) electrons. The summed E-state index contributed by atoms with van der Waals surface area (Å²) in [5, 5.41) is 12.4. The summed E-state index contributed by atoms with van der Waals surface area (Å²) in [5.41, 5.74) is 6.55. The SMILES string of the molecule is COc1ccc2cc([N+](=O)[O-])c(CCl)c(N)c2c1. The van der Waals surface area contributed by atoms with Gasteiger partial charge in [0.15, 0.2) is 0 Å². The lowest BCUT2D eigenvalue weighted by Crippen LogP contribution is -2.00. The standard InChI is InChI=1S/C12H11ClN2O3/c1-18-8-3-2-7-4-11(15(16)17)10(6-13)12(14)9(7)5-8/h2-5H,6,14H2,1H3. The van der Waals surface area contributed by atoms with Crippen LogP contribution in [0.15, 0.2) is 24.3 Å². The first-order valence-corrected chi connectivity index (χ1v) is 5.71. The van der Waals surface area contributed by atoms with Gasteiger partial charge in [-0.2, -0.15) is 0 Å². The van der Waals surface area contributed by atoms with Gasteiger partial charge in [-0.25, -0.2) is 0 Å². The molecule has 0 aliphatic rings. The molecule has 2 N–H and O–H groups in total. The van der Waals surface area contributed by atoms with E-state index in [1.165, 1.54) is 6.07 Å². The smallest absolute Gasteiger partial charge is 0.276 e. The van der Waals surface area contributed by atoms with E-state index in [-0.39, 0.29) is 11.6 Å². The lowest BCUT2D eigenvalue weighted by Gasteiger charge is -2.09. The second-order valence-corrected chi connectivity index (χ2v) is 4.03. The average molecular weight is 267 g/mol. The van der Waals surface area contributed by atoms with Gasteiger partial charge in [-0.05, 0) is 17.5 Å². The zero-order valence-electron chi connectivity index (χ0n) is 9.64. The predicted octanol–water partition coefficient (Wildman–Crippen LogP) is 3.08. The van der Waals surface area contributed by atoms with Gasteiger partial charge in [0.2, 0.25) is 0 Å². The van der Waals surface area contributed by atoms with Crippen LogP contribution < -0.4 is 10.5 Å². The van der Waals surface area contributed by atoms with Crippen molar-refractivity contribution >= 4 is 33.7 Å². The van der Waals surface area contributed by atoms with Crippen molar-refractivity contribution in [2.24, 2.45) is 0 Å². The Morgan fingerprint density at radius 2 is 2.17 bits per heavy atom. The Labute approximate surface area is 108 Å². The summed E-state index contributed by atoms with van der Waals surface area (Å²) in [6.45, 7) is 0. The number of anilines is 1. The summed E-state index contributed by atoms with van der Waals surface area (Å²) >= 11 is 5.74. The summed E-state index contributed by atoms with van der Waals surface area (Å²) in [5.74, 6) is 0.638. The molecule has 94 valence electrons. The molecule has 0 saturated heterocycles. The van der Waals surface area contributed by atoms with E-state index < -0.39 is 4.92 Å². The predicted molar refractivity (Wildman–Crippen MR) is 71.1 cm³/mol. The third-order valence-corrected chi connectivity index (χ3v) is 3.07. The van der Waals surface area contributed by atoms with Crippen LogP contribution in [0.3, 0.4) is 0 Å². The monoisotopic (exact) mass is 266 g/mol. The molecule has 18 heavy (non-hydrogen) atoms. The molecule has 0 atom stereocenters. The molecule has 0 spiro atoms. The van der Waals surface area contributed by atoms with Gasteiger partial charge < -0.3 is 10.5 Å². The van der Waals surface area contributed by atoms with Gasteiger partial charge in [-0.3, -0.25) is 10.1 Å². The molecule has 0 aliphatic heterocycles. The Bertz CT molecular complexity index is 628. The number of nitro benzene ring substituents is 1. The molecule has 5 nitrogen and oxygen atoms in total. The van der Waals surface area contributed by atoms with Gasteiger partial charge in [0, 0.05) is 11.5 Å². The highest BCUT2D eigenvalue weighted by Crippen LogP contribution is 2.35. The second-order valence-electron chi connectivity index (χ2n) is 3.77. The minimum atomic E-state index is -0.474. The highest BCUT2D eigenvalue weighted by atomic mass is 35.5. The van der Waals surface area contributed by atoms with Crippen molar-refractivity contribution in [3.05, 3.63) is 39.9 Å². The lowest BCUT2D eigenvalue weighted by atomic mass is 10.0. The van der Waals surface area contributed by atoms with E-state index in [2.05, 4.69) is 0 Å². The maximum atomic E-state index is 11.0. The molecular weight excluding hydrogens is 256 g/mol. The molecule has 0 fully saturated rings. The van der Waals surface area contributed by atoms with Gasteiger partial charge in [0.25, 0.3) is 5.69 Å². The number of hydrogen-bond acceptors (Lipinski definition) is 4. The third-order valence-electron chi connectivity index (χ3n) is 2.81. The number of nitrogens with two attached hydrogens (primary N) is 1. The molecular formula is C12H11ClN2O3. The molecule has 0 bridgehead atoms. The molecule has 0 saturated carbocycles. The molecule has 0 heterocycles.